The molecule has 0 atom stereocenters. The highest BCUT2D eigenvalue weighted by molar-refractivity contribution is 7.17. The molecule has 0 saturated heterocycles. The Bertz CT molecular complexity index is 769. The van der Waals surface area contributed by atoms with Gasteiger partial charge in [0.15, 0.2) is 0 Å². The minimum absolute atomic E-state index is 0.113. The summed E-state index contributed by atoms with van der Waals surface area (Å²) in [6.45, 7) is 1.11. The summed E-state index contributed by atoms with van der Waals surface area (Å²) < 4.78 is 2.41. The number of carbonyl (C=O) groups is 1. The average Bonchev–Trinajstić information content (AvgIpc) is 3.17. The van der Waals surface area contributed by atoms with Crippen molar-refractivity contribution in [3.05, 3.63) is 58.3 Å². The third kappa shape index (κ3) is 3.52. The van der Waals surface area contributed by atoms with E-state index < -0.39 is 0 Å². The Morgan fingerprint density at radius 1 is 1.23 bits per heavy atom. The van der Waals surface area contributed by atoms with Gasteiger partial charge in [-0.15, -0.1) is 11.3 Å². The molecule has 0 spiro atoms. The first-order valence-electron chi connectivity index (χ1n) is 6.69. The van der Waals surface area contributed by atoms with Crippen LogP contribution in [0.2, 0.25) is 4.34 Å². The highest BCUT2D eigenvalue weighted by Crippen LogP contribution is 2.21. The SMILES string of the molecule is O=C(NCCn1cc(-c2ccncc2)cn1)c1ccc(Cl)s1. The summed E-state index contributed by atoms with van der Waals surface area (Å²) in [5.74, 6) is -0.113. The zero-order chi connectivity index (χ0) is 15.4. The van der Waals surface area contributed by atoms with Crippen molar-refractivity contribution in [2.75, 3.05) is 6.54 Å². The average molecular weight is 333 g/mol. The lowest BCUT2D eigenvalue weighted by Gasteiger charge is -2.03. The van der Waals surface area contributed by atoms with Crippen LogP contribution in [-0.2, 0) is 6.54 Å². The Balaban J connectivity index is 1.54. The molecule has 112 valence electrons. The molecule has 0 radical (unpaired) electrons. The number of carbonyl (C=O) groups excluding carboxylic acids is 1. The van der Waals surface area contributed by atoms with Crippen LogP contribution < -0.4 is 5.32 Å². The van der Waals surface area contributed by atoms with Gasteiger partial charge in [0.05, 0.1) is 22.0 Å². The summed E-state index contributed by atoms with van der Waals surface area (Å²) in [6, 6.07) is 7.31. The molecule has 22 heavy (non-hydrogen) atoms. The van der Waals surface area contributed by atoms with Crippen LogP contribution in [0.5, 0.6) is 0 Å². The molecule has 0 aliphatic rings. The highest BCUT2D eigenvalue weighted by Gasteiger charge is 2.08. The molecular weight excluding hydrogens is 320 g/mol. The number of rotatable bonds is 5. The molecule has 0 aliphatic heterocycles. The van der Waals surface area contributed by atoms with Crippen LogP contribution in [0.15, 0.2) is 49.1 Å². The van der Waals surface area contributed by atoms with E-state index in [1.807, 2.05) is 18.3 Å². The van der Waals surface area contributed by atoms with Crippen LogP contribution in [0.3, 0.4) is 0 Å². The molecule has 3 aromatic rings. The Morgan fingerprint density at radius 3 is 2.77 bits per heavy atom. The highest BCUT2D eigenvalue weighted by atomic mass is 35.5. The molecule has 3 heterocycles. The summed E-state index contributed by atoms with van der Waals surface area (Å²) in [5, 5.41) is 7.14. The second-order valence-corrected chi connectivity index (χ2v) is 6.30. The van der Waals surface area contributed by atoms with Gasteiger partial charge in [0.25, 0.3) is 5.91 Å². The number of hydrogen-bond acceptors (Lipinski definition) is 4. The minimum atomic E-state index is -0.113. The summed E-state index contributed by atoms with van der Waals surface area (Å²) in [5.41, 5.74) is 2.09. The monoisotopic (exact) mass is 332 g/mol. The first-order valence-corrected chi connectivity index (χ1v) is 7.88. The number of aromatic nitrogens is 3. The van der Waals surface area contributed by atoms with Crippen LogP contribution >= 0.6 is 22.9 Å². The molecule has 1 amide bonds. The van der Waals surface area contributed by atoms with Crippen LogP contribution in [0.1, 0.15) is 9.67 Å². The van der Waals surface area contributed by atoms with Crippen molar-refractivity contribution >= 4 is 28.8 Å². The van der Waals surface area contributed by atoms with Crippen LogP contribution in [0, 0.1) is 0 Å². The van der Waals surface area contributed by atoms with Crippen molar-refractivity contribution in [3.8, 4) is 11.1 Å². The van der Waals surface area contributed by atoms with E-state index >= 15 is 0 Å². The Morgan fingerprint density at radius 2 is 2.05 bits per heavy atom. The normalized spacial score (nSPS) is 10.6. The van der Waals surface area contributed by atoms with Gasteiger partial charge in [-0.05, 0) is 29.8 Å². The van der Waals surface area contributed by atoms with E-state index in [0.717, 1.165) is 11.1 Å². The van der Waals surface area contributed by atoms with Gasteiger partial charge in [-0.25, -0.2) is 0 Å². The molecule has 0 aliphatic carbocycles. The lowest BCUT2D eigenvalue weighted by atomic mass is 10.1. The van der Waals surface area contributed by atoms with Gasteiger partial charge in [0.1, 0.15) is 0 Å². The van der Waals surface area contributed by atoms with Crippen molar-refractivity contribution in [1.82, 2.24) is 20.1 Å². The van der Waals surface area contributed by atoms with Crippen LogP contribution in [0.4, 0.5) is 0 Å². The summed E-state index contributed by atoms with van der Waals surface area (Å²) in [7, 11) is 0. The van der Waals surface area contributed by atoms with E-state index in [2.05, 4.69) is 15.4 Å². The van der Waals surface area contributed by atoms with E-state index in [0.29, 0.717) is 22.3 Å². The molecule has 0 fully saturated rings. The number of thiophene rings is 1. The first kappa shape index (κ1) is 14.7. The molecule has 0 aromatic carbocycles. The van der Waals surface area contributed by atoms with Gasteiger partial charge in [0, 0.05) is 30.7 Å². The topological polar surface area (TPSA) is 59.8 Å². The predicted molar refractivity (Wildman–Crippen MR) is 87.1 cm³/mol. The number of nitrogens with zero attached hydrogens (tertiary/aromatic N) is 3. The molecule has 0 saturated carbocycles. The molecule has 7 heteroatoms. The van der Waals surface area contributed by atoms with Crippen molar-refractivity contribution in [2.24, 2.45) is 0 Å². The Kier molecular flexibility index (Phi) is 4.50. The van der Waals surface area contributed by atoms with E-state index in [4.69, 9.17) is 11.6 Å². The number of halogens is 1. The smallest absolute Gasteiger partial charge is 0.261 e. The van der Waals surface area contributed by atoms with Crippen molar-refractivity contribution in [3.63, 3.8) is 0 Å². The Labute approximate surface area is 136 Å². The zero-order valence-corrected chi connectivity index (χ0v) is 13.1. The lowest BCUT2D eigenvalue weighted by molar-refractivity contribution is 0.0956. The van der Waals surface area contributed by atoms with Gasteiger partial charge < -0.3 is 5.32 Å². The van der Waals surface area contributed by atoms with Gasteiger partial charge in [0.2, 0.25) is 0 Å². The Hall–Kier alpha value is -2.18. The fraction of sp³-hybridized carbons (Fsp3) is 0.133. The summed E-state index contributed by atoms with van der Waals surface area (Å²) in [6.07, 6.45) is 7.25. The molecule has 3 rings (SSSR count). The second-order valence-electron chi connectivity index (χ2n) is 4.59. The van der Waals surface area contributed by atoms with E-state index in [1.54, 1.807) is 35.4 Å². The maximum atomic E-state index is 11.9. The van der Waals surface area contributed by atoms with Crippen molar-refractivity contribution in [2.45, 2.75) is 6.54 Å². The molecule has 1 N–H and O–H groups in total. The van der Waals surface area contributed by atoms with E-state index in [9.17, 15) is 4.79 Å². The number of pyridine rings is 1. The fourth-order valence-corrected chi connectivity index (χ4v) is 2.95. The predicted octanol–water partition coefficient (Wildman–Crippen LogP) is 3.09. The van der Waals surface area contributed by atoms with Gasteiger partial charge in [-0.1, -0.05) is 11.6 Å². The van der Waals surface area contributed by atoms with E-state index in [-0.39, 0.29) is 5.91 Å². The van der Waals surface area contributed by atoms with Crippen molar-refractivity contribution < 1.29 is 4.79 Å². The summed E-state index contributed by atoms with van der Waals surface area (Å²) in [4.78, 5) is 16.5. The molecule has 0 unspecified atom stereocenters. The molecule has 5 nitrogen and oxygen atoms in total. The van der Waals surface area contributed by atoms with Crippen molar-refractivity contribution in [1.29, 1.82) is 0 Å². The first-order chi connectivity index (χ1) is 10.7. The van der Waals surface area contributed by atoms with Gasteiger partial charge >= 0.3 is 0 Å². The zero-order valence-electron chi connectivity index (χ0n) is 11.6. The van der Waals surface area contributed by atoms with Gasteiger partial charge in [-0.2, -0.15) is 5.10 Å². The fourth-order valence-electron chi connectivity index (χ4n) is 1.99. The lowest BCUT2D eigenvalue weighted by Crippen LogP contribution is -2.26. The van der Waals surface area contributed by atoms with Crippen LogP contribution in [0.25, 0.3) is 11.1 Å². The number of nitrogens with one attached hydrogen (secondary N) is 1. The largest absolute Gasteiger partial charge is 0.349 e. The minimum Gasteiger partial charge on any atom is -0.349 e. The maximum absolute atomic E-state index is 11.9. The quantitative estimate of drug-likeness (QED) is 0.781. The standard InChI is InChI=1S/C15H13ClN4OS/c16-14-2-1-13(22-14)15(21)18-7-8-20-10-12(9-19-20)11-3-5-17-6-4-11/h1-6,9-10H,7-8H2,(H,18,21). The van der Waals surface area contributed by atoms with Gasteiger partial charge in [-0.3, -0.25) is 14.5 Å². The van der Waals surface area contributed by atoms with Crippen LogP contribution in [-0.4, -0.2) is 27.2 Å². The molecular formula is C15H13ClN4OS. The third-order valence-electron chi connectivity index (χ3n) is 3.07. The second kappa shape index (κ2) is 6.72. The summed E-state index contributed by atoms with van der Waals surface area (Å²) >= 11 is 7.08. The molecule has 0 bridgehead atoms. The molecule has 3 aromatic heterocycles. The third-order valence-corrected chi connectivity index (χ3v) is 4.30. The number of amides is 1. The maximum Gasteiger partial charge on any atom is 0.261 e. The number of hydrogen-bond donors (Lipinski definition) is 1. The van der Waals surface area contributed by atoms with E-state index in [1.165, 1.54) is 11.3 Å².